The molecule has 1 heterocycles. The summed E-state index contributed by atoms with van der Waals surface area (Å²) in [6.07, 6.45) is -4.83. The fraction of sp³-hybridized carbons (Fsp3) is 0.160. The van der Waals surface area contributed by atoms with Crippen LogP contribution >= 0.6 is 0 Å². The second-order valence-corrected chi connectivity index (χ2v) is 7.82. The van der Waals surface area contributed by atoms with E-state index >= 15 is 8.78 Å². The Morgan fingerprint density at radius 2 is 1.41 bits per heavy atom. The predicted molar refractivity (Wildman–Crippen MR) is 121 cm³/mol. The second-order valence-electron chi connectivity index (χ2n) is 7.82. The van der Waals surface area contributed by atoms with E-state index in [1.54, 1.807) is 24.3 Å². The smallest absolute Gasteiger partial charge is 0.497 e. The molecule has 0 radical (unpaired) electrons. The lowest BCUT2D eigenvalue weighted by Gasteiger charge is -2.16. The molecule has 1 N–H and O–H groups in total. The minimum atomic E-state index is -4.83. The first kappa shape index (κ1) is 25.6. The highest BCUT2D eigenvalue weighted by Crippen LogP contribution is 2.37. The van der Waals surface area contributed by atoms with Gasteiger partial charge < -0.3 is 14.6 Å². The van der Waals surface area contributed by atoms with Gasteiger partial charge in [-0.3, -0.25) is 0 Å². The van der Waals surface area contributed by atoms with Crippen molar-refractivity contribution in [3.63, 3.8) is 0 Å². The van der Waals surface area contributed by atoms with Crippen molar-refractivity contribution >= 4 is 5.97 Å². The molecule has 0 spiro atoms. The molecule has 0 bridgehead atoms. The molecular formula is C25H18F5N3O4. The van der Waals surface area contributed by atoms with Gasteiger partial charge >= 0.3 is 18.3 Å². The molecule has 4 rings (SSSR count). The van der Waals surface area contributed by atoms with Crippen molar-refractivity contribution in [3.05, 3.63) is 95.3 Å². The number of hydrogen-bond acceptors (Lipinski definition) is 5. The normalized spacial score (nSPS) is 11.8. The van der Waals surface area contributed by atoms with E-state index in [-0.39, 0.29) is 6.54 Å². The fourth-order valence-electron chi connectivity index (χ4n) is 3.61. The number of rotatable bonds is 8. The molecule has 1 aromatic heterocycles. The Kier molecular flexibility index (Phi) is 6.84. The molecule has 0 aliphatic heterocycles. The number of ether oxygens (including phenoxy) is 2. The lowest BCUT2D eigenvalue weighted by molar-refractivity contribution is -0.274. The highest BCUT2D eigenvalue weighted by atomic mass is 19.4. The summed E-state index contributed by atoms with van der Waals surface area (Å²) in [5, 5.41) is 16.8. The number of alkyl halides is 5. The molecule has 0 saturated heterocycles. The van der Waals surface area contributed by atoms with E-state index in [2.05, 4.69) is 15.0 Å². The van der Waals surface area contributed by atoms with Crippen LogP contribution in [0, 0.1) is 0 Å². The van der Waals surface area contributed by atoms with E-state index in [0.717, 1.165) is 28.9 Å². The Balaban J connectivity index is 1.59. The van der Waals surface area contributed by atoms with Crippen LogP contribution in [0.4, 0.5) is 22.0 Å². The Morgan fingerprint density at radius 1 is 0.865 bits per heavy atom. The summed E-state index contributed by atoms with van der Waals surface area (Å²) in [7, 11) is 1.49. The van der Waals surface area contributed by atoms with Crippen LogP contribution in [0.15, 0.2) is 72.8 Å². The lowest BCUT2D eigenvalue weighted by Crippen LogP contribution is -2.21. The average molecular weight is 519 g/mol. The van der Waals surface area contributed by atoms with Crippen molar-refractivity contribution in [1.29, 1.82) is 0 Å². The Bertz CT molecular complexity index is 1380. The standard InChI is InChI=1S/C25H18F5N3O4/c1-36-19-10-2-15(3-11-19)14-33-21(23(34)35)22(31-32-33)24(26,27)18-8-4-16(5-9-18)17-6-12-20(13-7-17)37-25(28,29)30/h2-13H,14H2,1H3,(H,34,35). The maximum Gasteiger partial charge on any atom is 0.573 e. The molecule has 3 aromatic carbocycles. The van der Waals surface area contributed by atoms with Gasteiger partial charge in [-0.1, -0.05) is 53.7 Å². The summed E-state index contributed by atoms with van der Waals surface area (Å²) in [5.41, 5.74) is -0.813. The van der Waals surface area contributed by atoms with E-state index in [4.69, 9.17) is 4.74 Å². The van der Waals surface area contributed by atoms with E-state index in [0.29, 0.717) is 22.4 Å². The summed E-state index contributed by atoms with van der Waals surface area (Å²) in [6, 6.07) is 16.3. The maximum absolute atomic E-state index is 15.4. The van der Waals surface area contributed by atoms with Crippen LogP contribution < -0.4 is 9.47 Å². The van der Waals surface area contributed by atoms with Gasteiger partial charge in [-0.2, -0.15) is 8.78 Å². The quantitative estimate of drug-likeness (QED) is 0.299. The van der Waals surface area contributed by atoms with Gasteiger partial charge in [-0.15, -0.1) is 18.3 Å². The molecule has 0 amide bonds. The number of aromatic carboxylic acids is 1. The van der Waals surface area contributed by atoms with Crippen LogP contribution in [-0.4, -0.2) is 39.5 Å². The minimum Gasteiger partial charge on any atom is -0.497 e. The van der Waals surface area contributed by atoms with Crippen molar-refractivity contribution in [2.24, 2.45) is 0 Å². The van der Waals surface area contributed by atoms with E-state index in [1.807, 2.05) is 0 Å². The maximum atomic E-state index is 15.4. The number of hydrogen-bond donors (Lipinski definition) is 1. The zero-order valence-corrected chi connectivity index (χ0v) is 19.0. The largest absolute Gasteiger partial charge is 0.573 e. The van der Waals surface area contributed by atoms with Gasteiger partial charge in [0.1, 0.15) is 11.5 Å². The Hall–Kier alpha value is -4.48. The predicted octanol–water partition coefficient (Wildman–Crippen LogP) is 5.74. The van der Waals surface area contributed by atoms with Crippen LogP contribution in [-0.2, 0) is 12.5 Å². The number of halogens is 5. The number of nitrogens with zero attached hydrogens (tertiary/aromatic N) is 3. The number of carbonyl (C=O) groups is 1. The summed E-state index contributed by atoms with van der Waals surface area (Å²) < 4.78 is 77.5. The van der Waals surface area contributed by atoms with Crippen LogP contribution in [0.2, 0.25) is 0 Å². The van der Waals surface area contributed by atoms with Crippen LogP contribution in [0.3, 0.4) is 0 Å². The van der Waals surface area contributed by atoms with Crippen LogP contribution in [0.5, 0.6) is 11.5 Å². The van der Waals surface area contributed by atoms with Crippen molar-refractivity contribution in [2.45, 2.75) is 18.8 Å². The molecule has 12 heteroatoms. The zero-order valence-electron chi connectivity index (χ0n) is 19.0. The summed E-state index contributed by atoms with van der Waals surface area (Å²) >= 11 is 0. The van der Waals surface area contributed by atoms with Gasteiger partial charge in [0.2, 0.25) is 0 Å². The van der Waals surface area contributed by atoms with Crippen LogP contribution in [0.1, 0.15) is 27.3 Å². The van der Waals surface area contributed by atoms with E-state index in [9.17, 15) is 23.1 Å². The topological polar surface area (TPSA) is 86.5 Å². The molecule has 0 atom stereocenters. The average Bonchev–Trinajstić information content (AvgIpc) is 3.29. The molecule has 0 fully saturated rings. The highest BCUT2D eigenvalue weighted by Gasteiger charge is 2.42. The first-order chi connectivity index (χ1) is 17.5. The number of methoxy groups -OCH3 is 1. The van der Waals surface area contributed by atoms with Crippen molar-refractivity contribution < 1.29 is 41.3 Å². The highest BCUT2D eigenvalue weighted by molar-refractivity contribution is 5.87. The first-order valence-corrected chi connectivity index (χ1v) is 10.6. The third kappa shape index (κ3) is 5.68. The molecule has 192 valence electrons. The summed E-state index contributed by atoms with van der Waals surface area (Å²) in [5.74, 6) is -5.26. The van der Waals surface area contributed by atoms with Gasteiger partial charge in [0.15, 0.2) is 11.4 Å². The third-order valence-electron chi connectivity index (χ3n) is 5.40. The zero-order chi connectivity index (χ0) is 26.8. The molecule has 0 saturated carbocycles. The first-order valence-electron chi connectivity index (χ1n) is 10.6. The SMILES string of the molecule is COc1ccc(Cn2nnc(C(F)(F)c3ccc(-c4ccc(OC(F)(F)F)cc4)cc3)c2C(=O)O)cc1. The van der Waals surface area contributed by atoms with E-state index < -0.39 is 41.0 Å². The Labute approximate surface area is 206 Å². The molecule has 0 aliphatic carbocycles. The number of carboxylic acid groups (broad SMARTS) is 1. The summed E-state index contributed by atoms with van der Waals surface area (Å²) in [4.78, 5) is 11.9. The molecular weight excluding hydrogens is 501 g/mol. The van der Waals surface area contributed by atoms with Gasteiger partial charge in [0, 0.05) is 5.56 Å². The number of carboxylic acids is 1. The lowest BCUT2D eigenvalue weighted by atomic mass is 9.99. The monoisotopic (exact) mass is 519 g/mol. The van der Waals surface area contributed by atoms with Crippen molar-refractivity contribution in [1.82, 2.24) is 15.0 Å². The molecule has 0 unspecified atom stereocenters. The summed E-state index contributed by atoms with van der Waals surface area (Å²) in [6.45, 7) is -0.109. The van der Waals surface area contributed by atoms with Gasteiger partial charge in [-0.05, 0) is 41.0 Å². The third-order valence-corrected chi connectivity index (χ3v) is 5.40. The van der Waals surface area contributed by atoms with Gasteiger partial charge in [0.05, 0.1) is 13.7 Å². The van der Waals surface area contributed by atoms with Crippen LogP contribution in [0.25, 0.3) is 11.1 Å². The molecule has 37 heavy (non-hydrogen) atoms. The van der Waals surface area contributed by atoms with Crippen molar-refractivity contribution in [3.8, 4) is 22.6 Å². The fourth-order valence-corrected chi connectivity index (χ4v) is 3.61. The minimum absolute atomic E-state index is 0.109. The molecule has 4 aromatic rings. The Morgan fingerprint density at radius 3 is 1.92 bits per heavy atom. The number of aromatic nitrogens is 3. The molecule has 7 nitrogen and oxygen atoms in total. The number of benzene rings is 3. The molecule has 0 aliphatic rings. The van der Waals surface area contributed by atoms with Gasteiger partial charge in [-0.25, -0.2) is 9.48 Å². The van der Waals surface area contributed by atoms with Crippen molar-refractivity contribution in [2.75, 3.05) is 7.11 Å². The second kappa shape index (κ2) is 9.88. The van der Waals surface area contributed by atoms with E-state index in [1.165, 1.54) is 31.4 Å². The van der Waals surface area contributed by atoms with Gasteiger partial charge in [0.25, 0.3) is 0 Å².